The lowest BCUT2D eigenvalue weighted by atomic mass is 10.00. The summed E-state index contributed by atoms with van der Waals surface area (Å²) < 4.78 is 15.5. The van der Waals surface area contributed by atoms with Crippen LogP contribution in [0, 0.1) is 9.39 Å². The number of likely N-dealkylation sites (N-methyl/N-ethyl adjacent to an activating group) is 1. The zero-order valence-electron chi connectivity index (χ0n) is 16.0. The van der Waals surface area contributed by atoms with Gasteiger partial charge in [0.1, 0.15) is 5.82 Å². The highest BCUT2D eigenvalue weighted by Crippen LogP contribution is 2.28. The fourth-order valence-corrected chi connectivity index (χ4v) is 3.86. The van der Waals surface area contributed by atoms with E-state index >= 15 is 0 Å². The van der Waals surface area contributed by atoms with Crippen molar-refractivity contribution >= 4 is 45.8 Å². The Morgan fingerprint density at radius 2 is 1.73 bits per heavy atom. The first-order valence-electron chi connectivity index (χ1n) is 9.22. The fraction of sp³-hybridized carbons (Fsp3) is 0.0870. The van der Waals surface area contributed by atoms with Crippen molar-refractivity contribution in [2.75, 3.05) is 11.9 Å². The lowest BCUT2D eigenvalue weighted by molar-refractivity contribution is -0.119. The summed E-state index contributed by atoms with van der Waals surface area (Å²) in [5.41, 5.74) is 2.21. The lowest BCUT2D eigenvalue weighted by Gasteiger charge is -2.20. The third-order valence-electron chi connectivity index (χ3n) is 4.83. The minimum absolute atomic E-state index is 0.265. The number of hydrogen-bond donors (Lipinski definition) is 1. The van der Waals surface area contributed by atoms with Crippen LogP contribution in [-0.4, -0.2) is 30.7 Å². The van der Waals surface area contributed by atoms with Crippen LogP contribution in [0.5, 0.6) is 0 Å². The van der Waals surface area contributed by atoms with Gasteiger partial charge < -0.3 is 10.2 Å². The molecule has 0 fully saturated rings. The quantitative estimate of drug-likeness (QED) is 0.539. The number of aliphatic imine (C=N–C) groups is 1. The molecule has 2 amide bonds. The summed E-state index contributed by atoms with van der Waals surface area (Å²) in [6.07, 6.45) is -1.19. The molecule has 0 aromatic heterocycles. The summed E-state index contributed by atoms with van der Waals surface area (Å²) in [5, 5.41) is 2.69. The Labute approximate surface area is 186 Å². The van der Waals surface area contributed by atoms with E-state index in [4.69, 9.17) is 0 Å². The minimum atomic E-state index is -1.19. The first-order valence-corrected chi connectivity index (χ1v) is 10.3. The van der Waals surface area contributed by atoms with Gasteiger partial charge in [-0.3, -0.25) is 9.59 Å². The van der Waals surface area contributed by atoms with E-state index in [-0.39, 0.29) is 5.56 Å². The Kier molecular flexibility index (Phi) is 5.63. The highest BCUT2D eigenvalue weighted by atomic mass is 127. The van der Waals surface area contributed by atoms with E-state index in [9.17, 15) is 14.0 Å². The van der Waals surface area contributed by atoms with Crippen LogP contribution in [0.15, 0.2) is 77.8 Å². The van der Waals surface area contributed by atoms with Crippen molar-refractivity contribution in [3.63, 3.8) is 0 Å². The van der Waals surface area contributed by atoms with E-state index in [1.165, 1.54) is 11.0 Å². The minimum Gasteiger partial charge on any atom is -0.322 e. The number of rotatable bonds is 3. The molecule has 7 heteroatoms. The molecule has 3 aromatic carbocycles. The molecule has 1 aliphatic rings. The van der Waals surface area contributed by atoms with E-state index in [1.807, 2.05) is 6.07 Å². The van der Waals surface area contributed by atoms with Gasteiger partial charge in [0.05, 0.1) is 11.4 Å². The zero-order chi connectivity index (χ0) is 21.3. The van der Waals surface area contributed by atoms with Gasteiger partial charge in [-0.15, -0.1) is 0 Å². The van der Waals surface area contributed by atoms with Crippen LogP contribution in [0.2, 0.25) is 0 Å². The van der Waals surface area contributed by atoms with Gasteiger partial charge in [0.2, 0.25) is 6.17 Å². The number of hydrogen-bond acceptors (Lipinski definition) is 3. The number of fused-ring (bicyclic) bond motifs is 1. The normalized spacial score (nSPS) is 15.8. The molecule has 1 aliphatic heterocycles. The predicted octanol–water partition coefficient (Wildman–Crippen LogP) is 4.00. The third-order valence-corrected chi connectivity index (χ3v) is 5.50. The van der Waals surface area contributed by atoms with Crippen molar-refractivity contribution in [1.29, 1.82) is 0 Å². The number of amides is 2. The maximum absolute atomic E-state index is 14.6. The second-order valence-electron chi connectivity index (χ2n) is 6.76. The van der Waals surface area contributed by atoms with Gasteiger partial charge in [-0.1, -0.05) is 36.4 Å². The molecule has 0 bridgehead atoms. The zero-order valence-corrected chi connectivity index (χ0v) is 18.1. The summed E-state index contributed by atoms with van der Waals surface area (Å²) in [6.45, 7) is 0. The molecule has 0 radical (unpaired) electrons. The number of benzene rings is 3. The molecule has 0 saturated carbocycles. The SMILES string of the molecule is CN1C(=O)[C@@H](NC(=O)c2cccc(I)c2)N=C(c2ccccc2F)c2ccccc21. The van der Waals surface area contributed by atoms with E-state index in [1.54, 1.807) is 67.7 Å². The largest absolute Gasteiger partial charge is 0.322 e. The van der Waals surface area contributed by atoms with E-state index in [2.05, 4.69) is 32.9 Å². The number of nitrogens with zero attached hydrogens (tertiary/aromatic N) is 2. The van der Waals surface area contributed by atoms with Gasteiger partial charge in [-0.2, -0.15) is 0 Å². The highest BCUT2D eigenvalue weighted by Gasteiger charge is 2.31. The molecule has 1 N–H and O–H groups in total. The van der Waals surface area contributed by atoms with Crippen molar-refractivity contribution in [3.05, 3.63) is 98.9 Å². The number of halogens is 2. The molecular formula is C23H17FIN3O2. The monoisotopic (exact) mass is 513 g/mol. The maximum atomic E-state index is 14.6. The van der Waals surface area contributed by atoms with Gasteiger partial charge in [0.25, 0.3) is 11.8 Å². The number of carbonyl (C=O) groups excluding carboxylic acids is 2. The van der Waals surface area contributed by atoms with Crippen molar-refractivity contribution in [3.8, 4) is 0 Å². The first-order chi connectivity index (χ1) is 14.5. The Balaban J connectivity index is 1.81. The highest BCUT2D eigenvalue weighted by molar-refractivity contribution is 14.1. The van der Waals surface area contributed by atoms with Crippen LogP contribution in [0.4, 0.5) is 10.1 Å². The predicted molar refractivity (Wildman–Crippen MR) is 122 cm³/mol. The molecule has 0 unspecified atom stereocenters. The smallest absolute Gasteiger partial charge is 0.272 e. The molecule has 3 aromatic rings. The van der Waals surface area contributed by atoms with Crippen molar-refractivity contribution in [1.82, 2.24) is 5.32 Å². The summed E-state index contributed by atoms with van der Waals surface area (Å²) in [6, 6.07) is 20.4. The first kappa shape index (κ1) is 20.2. The fourth-order valence-electron chi connectivity index (χ4n) is 3.32. The van der Waals surface area contributed by atoms with Crippen molar-refractivity contribution in [2.45, 2.75) is 6.17 Å². The number of nitrogens with one attached hydrogen (secondary N) is 1. The maximum Gasteiger partial charge on any atom is 0.272 e. The molecule has 1 atom stereocenters. The van der Waals surface area contributed by atoms with Crippen LogP contribution in [0.1, 0.15) is 21.5 Å². The van der Waals surface area contributed by atoms with E-state index < -0.39 is 23.8 Å². The van der Waals surface area contributed by atoms with Crippen LogP contribution in [0.3, 0.4) is 0 Å². The molecule has 5 nitrogen and oxygen atoms in total. The van der Waals surface area contributed by atoms with Gasteiger partial charge in [-0.25, -0.2) is 9.38 Å². The van der Waals surface area contributed by atoms with Gasteiger partial charge >= 0.3 is 0 Å². The molecular weight excluding hydrogens is 496 g/mol. The standard InChI is InChI=1S/C23H17FIN3O2/c1-28-19-12-5-3-10-17(19)20(16-9-2-4-11-18(16)24)26-21(23(28)30)27-22(29)14-7-6-8-15(25)13-14/h2-13,21H,1H3,(H,27,29)/t21-/m1/s1. The number of anilines is 1. The average molecular weight is 513 g/mol. The summed E-state index contributed by atoms with van der Waals surface area (Å²) in [4.78, 5) is 31.9. The van der Waals surface area contributed by atoms with Crippen molar-refractivity contribution in [2.24, 2.45) is 4.99 Å². The average Bonchev–Trinajstić information content (AvgIpc) is 2.85. The lowest BCUT2D eigenvalue weighted by Crippen LogP contribution is -2.46. The van der Waals surface area contributed by atoms with Gasteiger partial charge in [0.15, 0.2) is 0 Å². The Bertz CT molecular complexity index is 1180. The van der Waals surface area contributed by atoms with Crippen LogP contribution < -0.4 is 10.2 Å². The Morgan fingerprint density at radius 1 is 1.03 bits per heavy atom. The Hall–Kier alpha value is -3.07. The number of benzodiazepines with no additional fused rings is 1. The van der Waals surface area contributed by atoms with Crippen LogP contribution in [-0.2, 0) is 4.79 Å². The molecule has 0 saturated heterocycles. The number of carbonyl (C=O) groups is 2. The van der Waals surface area contributed by atoms with E-state index in [0.29, 0.717) is 22.5 Å². The second kappa shape index (κ2) is 8.35. The molecule has 0 spiro atoms. The Morgan fingerprint density at radius 3 is 2.47 bits per heavy atom. The second-order valence-corrected chi connectivity index (χ2v) is 8.00. The summed E-state index contributed by atoms with van der Waals surface area (Å²) in [7, 11) is 1.62. The van der Waals surface area contributed by atoms with Crippen molar-refractivity contribution < 1.29 is 14.0 Å². The van der Waals surface area contributed by atoms with E-state index in [0.717, 1.165) is 3.57 Å². The number of para-hydroxylation sites is 1. The van der Waals surface area contributed by atoms with Crippen LogP contribution in [0.25, 0.3) is 0 Å². The topological polar surface area (TPSA) is 61.8 Å². The molecule has 0 aliphatic carbocycles. The van der Waals surface area contributed by atoms with Gasteiger partial charge in [-0.05, 0) is 59.0 Å². The van der Waals surface area contributed by atoms with Gasteiger partial charge in [0, 0.05) is 27.3 Å². The summed E-state index contributed by atoms with van der Waals surface area (Å²) in [5.74, 6) is -1.29. The molecule has 30 heavy (non-hydrogen) atoms. The molecule has 4 rings (SSSR count). The molecule has 1 heterocycles. The molecule has 150 valence electrons. The third kappa shape index (κ3) is 3.85. The van der Waals surface area contributed by atoms with Crippen LogP contribution >= 0.6 is 22.6 Å². The summed E-state index contributed by atoms with van der Waals surface area (Å²) >= 11 is 2.11.